The predicted octanol–water partition coefficient (Wildman–Crippen LogP) is 1.84. The molecule has 2 aromatic rings. The van der Waals surface area contributed by atoms with E-state index in [2.05, 4.69) is 10.3 Å². The topological polar surface area (TPSA) is 54.2 Å². The summed E-state index contributed by atoms with van der Waals surface area (Å²) in [7, 11) is 3.66. The van der Waals surface area contributed by atoms with Gasteiger partial charge in [-0.05, 0) is 24.3 Å². The first kappa shape index (κ1) is 14.3. The van der Waals surface area contributed by atoms with E-state index in [1.807, 2.05) is 19.0 Å². The monoisotopic (exact) mass is 286 g/mol. The largest absolute Gasteiger partial charge is 0.435 e. The molecule has 0 unspecified atom stereocenters. The molecular weight excluding hydrogens is 273 g/mol. The van der Waals surface area contributed by atoms with Gasteiger partial charge in [0.2, 0.25) is 0 Å². The Morgan fingerprint density at radius 2 is 1.80 bits per heavy atom. The molecule has 1 aromatic heterocycles. The minimum absolute atomic E-state index is 0.232. The number of aliphatic hydroxyl groups excluding tert-OH is 1. The van der Waals surface area contributed by atoms with Gasteiger partial charge in [0.1, 0.15) is 5.69 Å². The van der Waals surface area contributed by atoms with Gasteiger partial charge in [0, 0.05) is 19.8 Å². The third-order valence-electron chi connectivity index (χ3n) is 2.77. The van der Waals surface area contributed by atoms with E-state index in [-0.39, 0.29) is 5.69 Å². The van der Waals surface area contributed by atoms with Crippen LogP contribution in [0.25, 0.3) is 5.69 Å². The van der Waals surface area contributed by atoms with E-state index in [0.717, 1.165) is 5.69 Å². The van der Waals surface area contributed by atoms with Crippen molar-refractivity contribution in [2.45, 2.75) is 12.8 Å². The third kappa shape index (κ3) is 2.60. The molecule has 8 heteroatoms. The summed E-state index contributed by atoms with van der Waals surface area (Å²) >= 11 is 0. The lowest BCUT2D eigenvalue weighted by molar-refractivity contribution is -0.143. The Balaban J connectivity index is 2.50. The second kappa shape index (κ2) is 5.12. The minimum atomic E-state index is -4.64. The maximum absolute atomic E-state index is 13.0. The van der Waals surface area contributed by atoms with E-state index in [4.69, 9.17) is 5.11 Å². The summed E-state index contributed by atoms with van der Waals surface area (Å²) in [5, 5.41) is 15.8. The fourth-order valence-corrected chi connectivity index (χ4v) is 1.78. The molecule has 5 nitrogen and oxygen atoms in total. The van der Waals surface area contributed by atoms with E-state index >= 15 is 0 Å². The second-order valence-corrected chi connectivity index (χ2v) is 4.36. The van der Waals surface area contributed by atoms with Crippen molar-refractivity contribution in [3.05, 3.63) is 35.7 Å². The lowest BCUT2D eigenvalue weighted by atomic mass is 10.2. The molecule has 0 radical (unpaired) electrons. The first-order chi connectivity index (χ1) is 9.34. The fourth-order valence-electron chi connectivity index (χ4n) is 1.78. The number of hydrogen-bond donors (Lipinski definition) is 1. The second-order valence-electron chi connectivity index (χ2n) is 4.36. The zero-order valence-electron chi connectivity index (χ0n) is 10.9. The van der Waals surface area contributed by atoms with Crippen LogP contribution in [-0.4, -0.2) is 34.2 Å². The van der Waals surface area contributed by atoms with Crippen molar-refractivity contribution >= 4 is 5.69 Å². The Bertz CT molecular complexity index is 590. The number of anilines is 1. The van der Waals surface area contributed by atoms with Gasteiger partial charge in [0.15, 0.2) is 5.69 Å². The first-order valence-electron chi connectivity index (χ1n) is 5.75. The quantitative estimate of drug-likeness (QED) is 0.935. The van der Waals surface area contributed by atoms with Crippen LogP contribution >= 0.6 is 0 Å². The third-order valence-corrected chi connectivity index (χ3v) is 2.77. The number of benzene rings is 1. The van der Waals surface area contributed by atoms with Crippen molar-refractivity contribution in [2.75, 3.05) is 19.0 Å². The van der Waals surface area contributed by atoms with Gasteiger partial charge in [0.25, 0.3) is 0 Å². The van der Waals surface area contributed by atoms with Crippen LogP contribution in [0.5, 0.6) is 0 Å². The summed E-state index contributed by atoms with van der Waals surface area (Å²) < 4.78 is 39.7. The molecule has 20 heavy (non-hydrogen) atoms. The van der Waals surface area contributed by atoms with E-state index in [1.165, 1.54) is 12.1 Å². The van der Waals surface area contributed by atoms with Crippen LogP contribution in [0.2, 0.25) is 0 Å². The Morgan fingerprint density at radius 3 is 2.25 bits per heavy atom. The van der Waals surface area contributed by atoms with E-state index < -0.39 is 24.2 Å². The summed E-state index contributed by atoms with van der Waals surface area (Å²) in [6, 6.07) is 6.38. The number of alkyl halides is 3. The minimum Gasteiger partial charge on any atom is -0.390 e. The normalized spacial score (nSPS) is 11.7. The van der Waals surface area contributed by atoms with Gasteiger partial charge in [-0.3, -0.25) is 0 Å². The van der Waals surface area contributed by atoms with Crippen LogP contribution in [0.1, 0.15) is 11.4 Å². The average molecular weight is 286 g/mol. The van der Waals surface area contributed by atoms with Crippen LogP contribution < -0.4 is 4.90 Å². The molecule has 0 fully saturated rings. The highest BCUT2D eigenvalue weighted by molar-refractivity contribution is 5.50. The molecule has 0 amide bonds. The van der Waals surface area contributed by atoms with E-state index in [0.29, 0.717) is 4.68 Å². The van der Waals surface area contributed by atoms with Crippen molar-refractivity contribution in [1.82, 2.24) is 15.0 Å². The summed E-state index contributed by atoms with van der Waals surface area (Å²) in [6.45, 7) is -0.815. The summed E-state index contributed by atoms with van der Waals surface area (Å²) in [5.41, 5.74) is -0.466. The Morgan fingerprint density at radius 1 is 1.20 bits per heavy atom. The van der Waals surface area contributed by atoms with E-state index in [9.17, 15) is 13.2 Å². The molecule has 0 aliphatic heterocycles. The van der Waals surface area contributed by atoms with Gasteiger partial charge in [0.05, 0.1) is 12.3 Å². The zero-order chi connectivity index (χ0) is 14.9. The molecule has 0 aliphatic carbocycles. The highest BCUT2D eigenvalue weighted by Crippen LogP contribution is 2.32. The van der Waals surface area contributed by atoms with Gasteiger partial charge in [-0.25, -0.2) is 4.68 Å². The molecule has 1 aromatic carbocycles. The number of hydrogen-bond acceptors (Lipinski definition) is 4. The van der Waals surface area contributed by atoms with Gasteiger partial charge in [-0.2, -0.15) is 13.2 Å². The molecule has 1 heterocycles. The van der Waals surface area contributed by atoms with Gasteiger partial charge in [-0.1, -0.05) is 5.21 Å². The zero-order valence-corrected chi connectivity index (χ0v) is 10.9. The molecule has 2 rings (SSSR count). The van der Waals surface area contributed by atoms with Gasteiger partial charge < -0.3 is 10.0 Å². The summed E-state index contributed by atoms with van der Waals surface area (Å²) in [4.78, 5) is 1.83. The molecule has 1 N–H and O–H groups in total. The Labute approximate surface area is 113 Å². The fraction of sp³-hybridized carbons (Fsp3) is 0.333. The predicted molar refractivity (Wildman–Crippen MR) is 66.6 cm³/mol. The van der Waals surface area contributed by atoms with Crippen molar-refractivity contribution in [3.63, 3.8) is 0 Å². The molecule has 0 saturated carbocycles. The van der Waals surface area contributed by atoms with Crippen molar-refractivity contribution in [1.29, 1.82) is 0 Å². The highest BCUT2D eigenvalue weighted by Gasteiger charge is 2.39. The molecule has 0 atom stereocenters. The standard InChI is InChI=1S/C12H13F3N4O/c1-18(2)8-3-5-9(6-4-8)19-11(12(13,14)15)10(7-20)16-17-19/h3-6,20H,7H2,1-2H3. The number of aromatic nitrogens is 3. The average Bonchev–Trinajstić information content (AvgIpc) is 2.82. The van der Waals surface area contributed by atoms with Crippen LogP contribution in [0, 0.1) is 0 Å². The maximum Gasteiger partial charge on any atom is 0.435 e. The number of rotatable bonds is 3. The van der Waals surface area contributed by atoms with Crippen LogP contribution in [0.4, 0.5) is 18.9 Å². The molecule has 0 aliphatic rings. The Hall–Kier alpha value is -2.09. The lowest BCUT2D eigenvalue weighted by Crippen LogP contribution is -2.16. The number of halogens is 3. The number of nitrogens with zero attached hydrogens (tertiary/aromatic N) is 4. The smallest absolute Gasteiger partial charge is 0.390 e. The summed E-state index contributed by atoms with van der Waals surface area (Å²) in [5.74, 6) is 0. The summed E-state index contributed by atoms with van der Waals surface area (Å²) in [6.07, 6.45) is -4.64. The van der Waals surface area contributed by atoms with Crippen LogP contribution in [-0.2, 0) is 12.8 Å². The lowest BCUT2D eigenvalue weighted by Gasteiger charge is -2.14. The first-order valence-corrected chi connectivity index (χ1v) is 5.75. The van der Waals surface area contributed by atoms with Crippen molar-refractivity contribution in [2.24, 2.45) is 0 Å². The molecule has 0 bridgehead atoms. The van der Waals surface area contributed by atoms with Crippen molar-refractivity contribution < 1.29 is 18.3 Å². The molecule has 108 valence electrons. The number of aliphatic hydroxyl groups is 1. The van der Waals surface area contributed by atoms with E-state index in [1.54, 1.807) is 12.1 Å². The SMILES string of the molecule is CN(C)c1ccc(-n2nnc(CO)c2C(F)(F)F)cc1. The molecule has 0 saturated heterocycles. The van der Waals surface area contributed by atoms with Gasteiger partial charge in [-0.15, -0.1) is 5.10 Å². The maximum atomic E-state index is 13.0. The molecule has 0 spiro atoms. The van der Waals surface area contributed by atoms with Crippen LogP contribution in [0.15, 0.2) is 24.3 Å². The van der Waals surface area contributed by atoms with Crippen molar-refractivity contribution in [3.8, 4) is 5.69 Å². The highest BCUT2D eigenvalue weighted by atomic mass is 19.4. The van der Waals surface area contributed by atoms with Gasteiger partial charge >= 0.3 is 6.18 Å². The van der Waals surface area contributed by atoms with Crippen LogP contribution in [0.3, 0.4) is 0 Å². The Kier molecular flexibility index (Phi) is 3.67. The molecular formula is C12H13F3N4O.